The minimum Gasteiger partial charge on any atom is -0.478 e. The normalized spacial score (nSPS) is 12.0. The molecule has 0 bridgehead atoms. The van der Waals surface area contributed by atoms with Crippen molar-refractivity contribution in [3.8, 4) is 11.3 Å². The lowest BCUT2D eigenvalue weighted by molar-refractivity contribution is 0.0696. The van der Waals surface area contributed by atoms with E-state index in [-0.39, 0.29) is 17.5 Å². The van der Waals surface area contributed by atoms with Crippen LogP contribution >= 0.6 is 0 Å². The Morgan fingerprint density at radius 2 is 1.74 bits per heavy atom. The molecule has 0 radical (unpaired) electrons. The third kappa shape index (κ3) is 4.75. The fourth-order valence-electron chi connectivity index (χ4n) is 4.90. The molecular formula is C31H24N4O4. The minimum atomic E-state index is -0.994. The molecule has 1 atom stereocenters. The average Bonchev–Trinajstić information content (AvgIpc) is 3.63. The number of aromatic carboxylic acids is 1. The summed E-state index contributed by atoms with van der Waals surface area (Å²) in [5.74, 6) is -1.25. The third-order valence-electron chi connectivity index (χ3n) is 6.93. The van der Waals surface area contributed by atoms with E-state index in [1.54, 1.807) is 18.2 Å². The molecule has 0 saturated heterocycles. The highest BCUT2D eigenvalue weighted by molar-refractivity contribution is 6.08. The van der Waals surface area contributed by atoms with E-state index in [1.807, 2.05) is 37.4 Å². The first-order valence-electron chi connectivity index (χ1n) is 12.5. The summed E-state index contributed by atoms with van der Waals surface area (Å²) < 4.78 is 6.88. The van der Waals surface area contributed by atoms with Crippen LogP contribution in [0.3, 0.4) is 0 Å². The number of nitrogens with one attached hydrogen (secondary N) is 1. The molecular weight excluding hydrogens is 492 g/mol. The van der Waals surface area contributed by atoms with E-state index < -0.39 is 5.97 Å². The molecule has 0 aliphatic heterocycles. The number of amides is 1. The first-order valence-corrected chi connectivity index (χ1v) is 12.5. The van der Waals surface area contributed by atoms with Crippen LogP contribution in [0.25, 0.3) is 32.9 Å². The number of fused-ring (bicyclic) bond motifs is 2. The molecule has 8 nitrogen and oxygen atoms in total. The zero-order valence-corrected chi connectivity index (χ0v) is 21.0. The van der Waals surface area contributed by atoms with Gasteiger partial charge in [-0.15, -0.1) is 0 Å². The summed E-state index contributed by atoms with van der Waals surface area (Å²) in [5.41, 5.74) is 4.66. The lowest BCUT2D eigenvalue weighted by atomic mass is 10.0. The summed E-state index contributed by atoms with van der Waals surface area (Å²) in [6.07, 6.45) is 3.50. The highest BCUT2D eigenvalue weighted by Gasteiger charge is 2.20. The summed E-state index contributed by atoms with van der Waals surface area (Å²) in [4.78, 5) is 25.0. The Morgan fingerprint density at radius 1 is 0.949 bits per heavy atom. The summed E-state index contributed by atoms with van der Waals surface area (Å²) in [6.45, 7) is 2.45. The standard InChI is InChI=1S/C31H24N4O4/c1-19(21-8-10-23(11-9-21)31(37)38)33-30(36)27-16-26(28-17-32-39-34-28)15-25-12-13-35(29(25)27)18-20-6-7-22-4-2-3-5-24(22)14-20/h2-17,19H,18H2,1H3,(H,33,36)(H,37,38)/t19-/m0/s1. The number of carboxylic acids is 1. The Kier molecular flexibility index (Phi) is 6.13. The Balaban J connectivity index is 1.38. The van der Waals surface area contributed by atoms with Crippen LogP contribution in [0, 0.1) is 0 Å². The highest BCUT2D eigenvalue weighted by atomic mass is 16.6. The van der Waals surface area contributed by atoms with Gasteiger partial charge in [-0.2, -0.15) is 0 Å². The van der Waals surface area contributed by atoms with Gasteiger partial charge >= 0.3 is 5.97 Å². The van der Waals surface area contributed by atoms with Crippen molar-refractivity contribution in [1.82, 2.24) is 20.2 Å². The van der Waals surface area contributed by atoms with Gasteiger partial charge in [0.25, 0.3) is 5.91 Å². The van der Waals surface area contributed by atoms with E-state index >= 15 is 0 Å². The van der Waals surface area contributed by atoms with Gasteiger partial charge in [0.15, 0.2) is 0 Å². The van der Waals surface area contributed by atoms with E-state index in [9.17, 15) is 14.7 Å². The Labute approximate surface area is 223 Å². The molecule has 6 rings (SSSR count). The average molecular weight is 517 g/mol. The van der Waals surface area contributed by atoms with Crippen molar-refractivity contribution in [1.29, 1.82) is 0 Å². The monoisotopic (exact) mass is 516 g/mol. The molecule has 0 saturated carbocycles. The highest BCUT2D eigenvalue weighted by Crippen LogP contribution is 2.29. The predicted molar refractivity (Wildman–Crippen MR) is 148 cm³/mol. The molecule has 0 fully saturated rings. The van der Waals surface area contributed by atoms with Gasteiger partial charge in [0.2, 0.25) is 0 Å². The van der Waals surface area contributed by atoms with Gasteiger partial charge < -0.3 is 15.0 Å². The van der Waals surface area contributed by atoms with Crippen molar-refractivity contribution >= 4 is 33.6 Å². The van der Waals surface area contributed by atoms with Crippen molar-refractivity contribution in [2.75, 3.05) is 0 Å². The van der Waals surface area contributed by atoms with E-state index in [0.717, 1.165) is 33.0 Å². The van der Waals surface area contributed by atoms with Crippen molar-refractivity contribution in [2.24, 2.45) is 0 Å². The summed E-state index contributed by atoms with van der Waals surface area (Å²) in [6, 6.07) is 26.5. The quantitative estimate of drug-likeness (QED) is 0.266. The van der Waals surface area contributed by atoms with Crippen LogP contribution < -0.4 is 5.32 Å². The molecule has 0 unspecified atom stereocenters. The number of hydrogen-bond donors (Lipinski definition) is 2. The lowest BCUT2D eigenvalue weighted by Crippen LogP contribution is -2.27. The van der Waals surface area contributed by atoms with Crippen LogP contribution in [-0.2, 0) is 6.54 Å². The van der Waals surface area contributed by atoms with E-state index in [0.29, 0.717) is 17.8 Å². The summed E-state index contributed by atoms with van der Waals surface area (Å²) in [7, 11) is 0. The van der Waals surface area contributed by atoms with Crippen molar-refractivity contribution < 1.29 is 19.3 Å². The number of carbonyl (C=O) groups excluding carboxylic acids is 1. The van der Waals surface area contributed by atoms with Gasteiger partial charge in [-0.25, -0.2) is 9.42 Å². The maximum absolute atomic E-state index is 13.7. The second-order valence-electron chi connectivity index (χ2n) is 9.50. The van der Waals surface area contributed by atoms with Crippen LogP contribution in [0.1, 0.15) is 44.8 Å². The number of hydrogen-bond acceptors (Lipinski definition) is 5. The van der Waals surface area contributed by atoms with Crippen LogP contribution in [0.15, 0.2) is 102 Å². The van der Waals surface area contributed by atoms with E-state index in [2.05, 4.69) is 50.5 Å². The van der Waals surface area contributed by atoms with Crippen LogP contribution in [0.2, 0.25) is 0 Å². The van der Waals surface area contributed by atoms with Crippen LogP contribution in [0.5, 0.6) is 0 Å². The van der Waals surface area contributed by atoms with Gasteiger partial charge in [-0.05, 0) is 70.4 Å². The molecule has 192 valence electrons. The smallest absolute Gasteiger partial charge is 0.335 e. The van der Waals surface area contributed by atoms with Gasteiger partial charge in [-0.3, -0.25) is 4.79 Å². The fraction of sp³-hybridized carbons (Fsp3) is 0.0968. The number of nitrogens with zero attached hydrogens (tertiary/aromatic N) is 3. The van der Waals surface area contributed by atoms with E-state index in [1.165, 1.54) is 23.7 Å². The second kappa shape index (κ2) is 9.90. The minimum absolute atomic E-state index is 0.194. The molecule has 4 aromatic carbocycles. The molecule has 2 N–H and O–H groups in total. The zero-order valence-electron chi connectivity index (χ0n) is 21.0. The Bertz CT molecular complexity index is 1820. The Morgan fingerprint density at radius 3 is 2.49 bits per heavy atom. The molecule has 1 amide bonds. The van der Waals surface area contributed by atoms with Gasteiger partial charge in [0.05, 0.1) is 28.9 Å². The van der Waals surface area contributed by atoms with Crippen molar-refractivity contribution in [3.63, 3.8) is 0 Å². The van der Waals surface area contributed by atoms with Crippen molar-refractivity contribution in [2.45, 2.75) is 19.5 Å². The topological polar surface area (TPSA) is 110 Å². The molecule has 8 heteroatoms. The van der Waals surface area contributed by atoms with Gasteiger partial charge in [0.1, 0.15) is 5.69 Å². The van der Waals surface area contributed by atoms with E-state index in [4.69, 9.17) is 4.63 Å². The van der Waals surface area contributed by atoms with Gasteiger partial charge in [-0.1, -0.05) is 53.7 Å². The predicted octanol–water partition coefficient (Wildman–Crippen LogP) is 6.08. The number of carboxylic acid groups (broad SMARTS) is 1. The number of aromatic nitrogens is 3. The zero-order chi connectivity index (χ0) is 26.9. The maximum atomic E-state index is 13.7. The van der Waals surface area contributed by atoms with Crippen LogP contribution in [-0.4, -0.2) is 31.9 Å². The summed E-state index contributed by atoms with van der Waals surface area (Å²) in [5, 5.41) is 23.2. The number of benzene rings is 4. The maximum Gasteiger partial charge on any atom is 0.335 e. The molecule has 6 aromatic rings. The van der Waals surface area contributed by atoms with Crippen molar-refractivity contribution in [3.05, 3.63) is 120 Å². The Hall–Kier alpha value is -5.24. The number of rotatable bonds is 7. The molecule has 0 spiro atoms. The lowest BCUT2D eigenvalue weighted by Gasteiger charge is -2.17. The summed E-state index contributed by atoms with van der Waals surface area (Å²) >= 11 is 0. The molecule has 39 heavy (non-hydrogen) atoms. The SMILES string of the molecule is C[C@H](NC(=O)c1cc(-c2cnon2)cc2ccn(Cc3ccc4ccccc4c3)c12)c1ccc(C(=O)O)cc1. The molecule has 2 aromatic heterocycles. The first kappa shape index (κ1) is 24.1. The largest absolute Gasteiger partial charge is 0.478 e. The molecule has 2 heterocycles. The van der Waals surface area contributed by atoms with Crippen LogP contribution in [0.4, 0.5) is 0 Å². The van der Waals surface area contributed by atoms with Gasteiger partial charge in [0, 0.05) is 23.7 Å². The molecule has 0 aliphatic carbocycles. The molecule has 0 aliphatic rings. The third-order valence-corrected chi connectivity index (χ3v) is 6.93. The first-order chi connectivity index (χ1) is 19.0. The fourth-order valence-corrected chi connectivity index (χ4v) is 4.90. The number of carbonyl (C=O) groups is 2. The second-order valence-corrected chi connectivity index (χ2v) is 9.50.